The Morgan fingerprint density at radius 2 is 2.07 bits per heavy atom. The molecule has 3 rings (SSSR count). The summed E-state index contributed by atoms with van der Waals surface area (Å²) in [5.74, 6) is 1.11. The van der Waals surface area contributed by atoms with Crippen molar-refractivity contribution in [2.24, 2.45) is 4.99 Å². The van der Waals surface area contributed by atoms with Crippen molar-refractivity contribution in [3.63, 3.8) is 0 Å². The van der Waals surface area contributed by atoms with Crippen molar-refractivity contribution in [3.8, 4) is 0 Å². The van der Waals surface area contributed by atoms with Gasteiger partial charge in [0.05, 0.1) is 17.9 Å². The molecule has 0 bridgehead atoms. The number of nitrogens with one attached hydrogen (secondary N) is 1. The molecule has 0 amide bonds. The molecule has 1 aliphatic carbocycles. The number of fused-ring (bicyclic) bond motifs is 1. The van der Waals surface area contributed by atoms with Gasteiger partial charge in [-0.2, -0.15) is 0 Å². The lowest BCUT2D eigenvalue weighted by Crippen LogP contribution is -2.49. The Bertz CT molecular complexity index is 422. The van der Waals surface area contributed by atoms with E-state index in [0.717, 1.165) is 18.8 Å². The van der Waals surface area contributed by atoms with Crippen LogP contribution in [-0.4, -0.2) is 17.9 Å². The van der Waals surface area contributed by atoms with Crippen molar-refractivity contribution in [1.29, 1.82) is 0 Å². The van der Waals surface area contributed by atoms with E-state index in [1.807, 2.05) is 0 Å². The lowest BCUT2D eigenvalue weighted by atomic mass is 9.78. The predicted octanol–water partition coefficient (Wildman–Crippen LogP) is 1.94. The Labute approximate surface area is 90.4 Å². The quantitative estimate of drug-likeness (QED) is 0.680. The van der Waals surface area contributed by atoms with Gasteiger partial charge < -0.3 is 5.32 Å². The Morgan fingerprint density at radius 3 is 2.80 bits per heavy atom. The molecular formula is C13H16N2. The summed E-state index contributed by atoms with van der Waals surface area (Å²) in [7, 11) is 0. The van der Waals surface area contributed by atoms with Crippen molar-refractivity contribution in [3.05, 3.63) is 35.4 Å². The summed E-state index contributed by atoms with van der Waals surface area (Å²) in [6.45, 7) is 3.02. The second-order valence-electron chi connectivity index (χ2n) is 4.75. The molecule has 1 aromatic carbocycles. The summed E-state index contributed by atoms with van der Waals surface area (Å²) in [4.78, 5) is 4.49. The predicted molar refractivity (Wildman–Crippen MR) is 62.3 cm³/mol. The smallest absolute Gasteiger partial charge is 0.0937 e. The molecular weight excluding hydrogens is 184 g/mol. The first kappa shape index (κ1) is 8.96. The summed E-state index contributed by atoms with van der Waals surface area (Å²) in [5.41, 5.74) is 3.26. The summed E-state index contributed by atoms with van der Waals surface area (Å²) >= 11 is 0. The number of rotatable bonds is 0. The maximum atomic E-state index is 4.49. The SMILES string of the molecule is CC1=NC[C@@]2(CCc3ccccc3C2)N1. The minimum Gasteiger partial charge on any atom is -0.366 e. The van der Waals surface area contributed by atoms with E-state index in [-0.39, 0.29) is 5.54 Å². The Kier molecular flexibility index (Phi) is 1.84. The number of aryl methyl sites for hydroxylation is 1. The Hall–Kier alpha value is -1.31. The van der Waals surface area contributed by atoms with Gasteiger partial charge in [-0.25, -0.2) is 0 Å². The summed E-state index contributed by atoms with van der Waals surface area (Å²) in [6.07, 6.45) is 3.53. The molecule has 1 heterocycles. The maximum absolute atomic E-state index is 4.49. The Balaban J connectivity index is 1.90. The lowest BCUT2D eigenvalue weighted by molar-refractivity contribution is 0.362. The zero-order valence-corrected chi connectivity index (χ0v) is 9.09. The van der Waals surface area contributed by atoms with Crippen LogP contribution in [0.15, 0.2) is 29.3 Å². The van der Waals surface area contributed by atoms with Gasteiger partial charge in [-0.05, 0) is 37.3 Å². The van der Waals surface area contributed by atoms with Crippen molar-refractivity contribution < 1.29 is 0 Å². The fourth-order valence-electron chi connectivity index (χ4n) is 2.78. The molecule has 2 aliphatic rings. The van der Waals surface area contributed by atoms with E-state index in [1.165, 1.54) is 24.0 Å². The highest BCUT2D eigenvalue weighted by atomic mass is 15.1. The monoisotopic (exact) mass is 200 g/mol. The van der Waals surface area contributed by atoms with Crippen LogP contribution in [0.2, 0.25) is 0 Å². The molecule has 0 radical (unpaired) electrons. The van der Waals surface area contributed by atoms with E-state index in [4.69, 9.17) is 0 Å². The highest BCUT2D eigenvalue weighted by Crippen LogP contribution is 2.30. The van der Waals surface area contributed by atoms with Crippen LogP contribution in [0, 0.1) is 0 Å². The van der Waals surface area contributed by atoms with E-state index >= 15 is 0 Å². The van der Waals surface area contributed by atoms with Crippen molar-refractivity contribution in [1.82, 2.24) is 5.32 Å². The van der Waals surface area contributed by atoms with Crippen LogP contribution < -0.4 is 5.32 Å². The Morgan fingerprint density at radius 1 is 1.27 bits per heavy atom. The van der Waals surface area contributed by atoms with Gasteiger partial charge in [0.2, 0.25) is 0 Å². The van der Waals surface area contributed by atoms with Crippen LogP contribution >= 0.6 is 0 Å². The van der Waals surface area contributed by atoms with Gasteiger partial charge in [0.15, 0.2) is 0 Å². The summed E-state index contributed by atoms with van der Waals surface area (Å²) in [5, 5.41) is 3.56. The largest absolute Gasteiger partial charge is 0.366 e. The molecule has 1 aromatic rings. The molecule has 1 atom stereocenters. The van der Waals surface area contributed by atoms with Gasteiger partial charge in [0.1, 0.15) is 0 Å². The van der Waals surface area contributed by atoms with Crippen LogP contribution in [-0.2, 0) is 12.8 Å². The highest BCUT2D eigenvalue weighted by molar-refractivity contribution is 5.82. The zero-order valence-electron chi connectivity index (χ0n) is 9.09. The number of benzene rings is 1. The minimum absolute atomic E-state index is 0.235. The molecule has 0 fully saturated rings. The first-order valence-corrected chi connectivity index (χ1v) is 5.63. The van der Waals surface area contributed by atoms with Gasteiger partial charge >= 0.3 is 0 Å². The van der Waals surface area contributed by atoms with Gasteiger partial charge in [-0.1, -0.05) is 24.3 Å². The number of nitrogens with zero attached hydrogens (tertiary/aromatic N) is 1. The van der Waals surface area contributed by atoms with Crippen LogP contribution in [0.4, 0.5) is 0 Å². The van der Waals surface area contributed by atoms with Crippen LogP contribution in [0.3, 0.4) is 0 Å². The number of hydrogen-bond acceptors (Lipinski definition) is 2. The van der Waals surface area contributed by atoms with Gasteiger partial charge in [-0.15, -0.1) is 0 Å². The zero-order chi connectivity index (χ0) is 10.3. The van der Waals surface area contributed by atoms with Crippen molar-refractivity contribution >= 4 is 5.84 Å². The van der Waals surface area contributed by atoms with Gasteiger partial charge in [-0.3, -0.25) is 4.99 Å². The average molecular weight is 200 g/mol. The standard InChI is InChI=1S/C13H16N2/c1-10-14-9-13(15-10)7-6-11-4-2-3-5-12(11)8-13/h2-5H,6-9H2,1H3,(H,14,15)/t13-/m0/s1. The van der Waals surface area contributed by atoms with Crippen molar-refractivity contribution in [2.75, 3.05) is 6.54 Å². The van der Waals surface area contributed by atoms with E-state index in [9.17, 15) is 0 Å². The average Bonchev–Trinajstić information content (AvgIpc) is 2.60. The number of hydrogen-bond donors (Lipinski definition) is 1. The fraction of sp³-hybridized carbons (Fsp3) is 0.462. The third-order valence-electron chi connectivity index (χ3n) is 3.59. The molecule has 1 aliphatic heterocycles. The second-order valence-corrected chi connectivity index (χ2v) is 4.75. The van der Waals surface area contributed by atoms with Crippen LogP contribution in [0.1, 0.15) is 24.5 Å². The van der Waals surface area contributed by atoms with Gasteiger partial charge in [0.25, 0.3) is 0 Å². The molecule has 2 nitrogen and oxygen atoms in total. The summed E-state index contributed by atoms with van der Waals surface area (Å²) < 4.78 is 0. The third-order valence-corrected chi connectivity index (χ3v) is 3.59. The molecule has 0 aromatic heterocycles. The van der Waals surface area contributed by atoms with Crippen LogP contribution in [0.5, 0.6) is 0 Å². The molecule has 2 heteroatoms. The molecule has 15 heavy (non-hydrogen) atoms. The molecule has 78 valence electrons. The summed E-state index contributed by atoms with van der Waals surface area (Å²) in [6, 6.07) is 8.79. The van der Waals surface area contributed by atoms with E-state index in [0.29, 0.717) is 0 Å². The minimum atomic E-state index is 0.235. The van der Waals surface area contributed by atoms with Crippen LogP contribution in [0.25, 0.3) is 0 Å². The molecule has 0 unspecified atom stereocenters. The molecule has 1 spiro atoms. The van der Waals surface area contributed by atoms with E-state index < -0.39 is 0 Å². The van der Waals surface area contributed by atoms with Crippen molar-refractivity contribution in [2.45, 2.75) is 31.7 Å². The first-order chi connectivity index (χ1) is 7.27. The highest BCUT2D eigenvalue weighted by Gasteiger charge is 2.37. The molecule has 0 saturated heterocycles. The number of aliphatic imine (C=N–C) groups is 1. The first-order valence-electron chi connectivity index (χ1n) is 5.63. The van der Waals surface area contributed by atoms with E-state index in [1.54, 1.807) is 0 Å². The second kappa shape index (κ2) is 3.09. The third kappa shape index (κ3) is 1.44. The van der Waals surface area contributed by atoms with Gasteiger partial charge in [0, 0.05) is 0 Å². The van der Waals surface area contributed by atoms with E-state index in [2.05, 4.69) is 41.5 Å². The lowest BCUT2D eigenvalue weighted by Gasteiger charge is -2.34. The molecule has 1 N–H and O–H groups in total. The topological polar surface area (TPSA) is 24.4 Å². The number of amidine groups is 1. The fourth-order valence-corrected chi connectivity index (χ4v) is 2.78. The molecule has 0 saturated carbocycles. The normalized spacial score (nSPS) is 28.5. The maximum Gasteiger partial charge on any atom is 0.0937 e.